The van der Waals surface area contributed by atoms with Crippen LogP contribution in [-0.2, 0) is 4.79 Å². The second kappa shape index (κ2) is 7.59. The van der Waals surface area contributed by atoms with Crippen LogP contribution in [0.3, 0.4) is 0 Å². The van der Waals surface area contributed by atoms with Crippen molar-refractivity contribution in [1.82, 2.24) is 5.32 Å². The molecule has 0 saturated carbocycles. The standard InChI is InChI=1S/C13H17ClN2O4/c1-3-4-10(12(17)18)16-13(19)15-8-5-6-9(14)11(7-8)20-2/h5-7,10H,3-4H2,1-2H3,(H,17,18)(H2,15,16,19)/t10-/m1/s1. The normalized spacial score (nSPS) is 11.6. The largest absolute Gasteiger partial charge is 0.495 e. The summed E-state index contributed by atoms with van der Waals surface area (Å²) in [5, 5.41) is 14.3. The fourth-order valence-corrected chi connectivity index (χ4v) is 1.80. The van der Waals surface area contributed by atoms with Crippen molar-refractivity contribution in [2.45, 2.75) is 25.8 Å². The molecule has 20 heavy (non-hydrogen) atoms. The molecule has 1 rings (SSSR count). The Morgan fingerprint density at radius 3 is 2.70 bits per heavy atom. The Hall–Kier alpha value is -1.95. The maximum absolute atomic E-state index is 11.7. The molecule has 0 aliphatic carbocycles. The maximum Gasteiger partial charge on any atom is 0.326 e. The van der Waals surface area contributed by atoms with Crippen LogP contribution in [0, 0.1) is 0 Å². The van der Waals surface area contributed by atoms with Crippen LogP contribution in [0.4, 0.5) is 10.5 Å². The Morgan fingerprint density at radius 1 is 1.45 bits per heavy atom. The number of carboxylic acid groups (broad SMARTS) is 1. The molecule has 3 N–H and O–H groups in total. The second-order valence-corrected chi connectivity index (χ2v) is 4.53. The predicted octanol–water partition coefficient (Wildman–Crippen LogP) is 2.72. The molecule has 7 heteroatoms. The van der Waals surface area contributed by atoms with Gasteiger partial charge in [0.2, 0.25) is 0 Å². The third-order valence-electron chi connectivity index (χ3n) is 2.59. The van der Waals surface area contributed by atoms with E-state index in [1.165, 1.54) is 7.11 Å². The lowest BCUT2D eigenvalue weighted by atomic mass is 10.2. The minimum absolute atomic E-state index is 0.368. The number of nitrogens with one attached hydrogen (secondary N) is 2. The summed E-state index contributed by atoms with van der Waals surface area (Å²) in [4.78, 5) is 22.7. The zero-order chi connectivity index (χ0) is 15.1. The molecule has 6 nitrogen and oxygen atoms in total. The molecule has 0 radical (unpaired) electrons. The topological polar surface area (TPSA) is 87.7 Å². The first kappa shape index (κ1) is 16.1. The van der Waals surface area contributed by atoms with E-state index in [1.54, 1.807) is 18.2 Å². The molecule has 0 spiro atoms. The number of benzene rings is 1. The highest BCUT2D eigenvalue weighted by Gasteiger charge is 2.18. The summed E-state index contributed by atoms with van der Waals surface area (Å²) in [6, 6.07) is 3.23. The average molecular weight is 301 g/mol. The summed E-state index contributed by atoms with van der Waals surface area (Å²) >= 11 is 5.87. The van der Waals surface area contributed by atoms with Gasteiger partial charge in [0.15, 0.2) is 0 Å². The van der Waals surface area contributed by atoms with Gasteiger partial charge in [-0.25, -0.2) is 9.59 Å². The Labute approximate surface area is 122 Å². The van der Waals surface area contributed by atoms with E-state index in [4.69, 9.17) is 21.4 Å². The van der Waals surface area contributed by atoms with Crippen molar-refractivity contribution in [2.24, 2.45) is 0 Å². The van der Waals surface area contributed by atoms with Gasteiger partial charge >= 0.3 is 12.0 Å². The van der Waals surface area contributed by atoms with E-state index in [0.29, 0.717) is 29.3 Å². The van der Waals surface area contributed by atoms with Gasteiger partial charge in [-0.3, -0.25) is 0 Å². The van der Waals surface area contributed by atoms with Crippen LogP contribution in [0.5, 0.6) is 5.75 Å². The first-order valence-electron chi connectivity index (χ1n) is 6.11. The van der Waals surface area contributed by atoms with Crippen LogP contribution >= 0.6 is 11.6 Å². The van der Waals surface area contributed by atoms with Crippen LogP contribution in [0.25, 0.3) is 0 Å². The van der Waals surface area contributed by atoms with Crippen LogP contribution in [-0.4, -0.2) is 30.3 Å². The summed E-state index contributed by atoms with van der Waals surface area (Å²) in [5.74, 6) is -0.636. The predicted molar refractivity (Wildman–Crippen MR) is 76.5 cm³/mol. The monoisotopic (exact) mass is 300 g/mol. The van der Waals surface area contributed by atoms with E-state index in [0.717, 1.165) is 0 Å². The van der Waals surface area contributed by atoms with Crippen molar-refractivity contribution in [2.75, 3.05) is 12.4 Å². The fourth-order valence-electron chi connectivity index (χ4n) is 1.61. The third-order valence-corrected chi connectivity index (χ3v) is 2.90. The van der Waals surface area contributed by atoms with Crippen molar-refractivity contribution in [1.29, 1.82) is 0 Å². The lowest BCUT2D eigenvalue weighted by Crippen LogP contribution is -2.42. The van der Waals surface area contributed by atoms with Crippen molar-refractivity contribution in [3.63, 3.8) is 0 Å². The number of carbonyl (C=O) groups is 2. The van der Waals surface area contributed by atoms with Gasteiger partial charge in [0.1, 0.15) is 11.8 Å². The molecule has 0 unspecified atom stereocenters. The average Bonchev–Trinajstić information content (AvgIpc) is 2.40. The number of carbonyl (C=O) groups excluding carboxylic acids is 1. The lowest BCUT2D eigenvalue weighted by molar-refractivity contribution is -0.139. The van der Waals surface area contributed by atoms with Gasteiger partial charge in [0.25, 0.3) is 0 Å². The molecular formula is C13H17ClN2O4. The van der Waals surface area contributed by atoms with Crippen molar-refractivity contribution in [3.05, 3.63) is 23.2 Å². The van der Waals surface area contributed by atoms with Gasteiger partial charge in [-0.05, 0) is 18.6 Å². The number of carboxylic acids is 1. The first-order valence-corrected chi connectivity index (χ1v) is 6.49. The van der Waals surface area contributed by atoms with Crippen LogP contribution in [0.1, 0.15) is 19.8 Å². The Morgan fingerprint density at radius 2 is 2.15 bits per heavy atom. The molecule has 0 aromatic heterocycles. The second-order valence-electron chi connectivity index (χ2n) is 4.13. The molecule has 0 bridgehead atoms. The van der Waals surface area contributed by atoms with E-state index >= 15 is 0 Å². The van der Waals surface area contributed by atoms with Gasteiger partial charge in [0.05, 0.1) is 12.1 Å². The van der Waals surface area contributed by atoms with E-state index < -0.39 is 18.0 Å². The minimum atomic E-state index is -1.06. The zero-order valence-electron chi connectivity index (χ0n) is 11.3. The highest BCUT2D eigenvalue weighted by atomic mass is 35.5. The smallest absolute Gasteiger partial charge is 0.326 e. The van der Waals surface area contributed by atoms with Crippen molar-refractivity contribution < 1.29 is 19.4 Å². The first-order chi connectivity index (χ1) is 9.47. The number of methoxy groups -OCH3 is 1. The van der Waals surface area contributed by atoms with Gasteiger partial charge in [0, 0.05) is 11.8 Å². The molecule has 0 aliphatic heterocycles. The number of rotatable bonds is 6. The maximum atomic E-state index is 11.7. The molecule has 0 aliphatic rings. The number of halogens is 1. The fraction of sp³-hybridized carbons (Fsp3) is 0.385. The molecule has 1 aromatic rings. The Bertz CT molecular complexity index is 493. The van der Waals surface area contributed by atoms with Crippen molar-refractivity contribution in [3.8, 4) is 5.75 Å². The molecule has 0 heterocycles. The molecule has 0 fully saturated rings. The zero-order valence-corrected chi connectivity index (χ0v) is 12.0. The number of anilines is 1. The van der Waals surface area contributed by atoms with Gasteiger partial charge in [-0.1, -0.05) is 24.9 Å². The van der Waals surface area contributed by atoms with Crippen molar-refractivity contribution >= 4 is 29.3 Å². The number of aliphatic carboxylic acids is 1. The number of urea groups is 1. The van der Waals surface area contributed by atoms with Crippen LogP contribution in [0.2, 0.25) is 5.02 Å². The lowest BCUT2D eigenvalue weighted by Gasteiger charge is -2.14. The quantitative estimate of drug-likeness (QED) is 0.754. The highest BCUT2D eigenvalue weighted by Crippen LogP contribution is 2.27. The van der Waals surface area contributed by atoms with E-state index in [-0.39, 0.29) is 0 Å². The van der Waals surface area contributed by atoms with Gasteiger partial charge in [-0.2, -0.15) is 0 Å². The molecule has 2 amide bonds. The summed E-state index contributed by atoms with van der Waals surface area (Å²) < 4.78 is 5.03. The molecule has 1 aromatic carbocycles. The molecular weight excluding hydrogens is 284 g/mol. The number of hydrogen-bond acceptors (Lipinski definition) is 3. The van der Waals surface area contributed by atoms with Gasteiger partial charge < -0.3 is 20.5 Å². The molecule has 110 valence electrons. The van der Waals surface area contributed by atoms with E-state index in [2.05, 4.69) is 10.6 Å². The summed E-state index contributed by atoms with van der Waals surface area (Å²) in [6.07, 6.45) is 1.03. The van der Waals surface area contributed by atoms with Crippen LogP contribution < -0.4 is 15.4 Å². The third kappa shape index (κ3) is 4.62. The van der Waals surface area contributed by atoms with Gasteiger partial charge in [-0.15, -0.1) is 0 Å². The summed E-state index contributed by atoms with van der Waals surface area (Å²) in [7, 11) is 1.47. The van der Waals surface area contributed by atoms with Crippen LogP contribution in [0.15, 0.2) is 18.2 Å². The van der Waals surface area contributed by atoms with E-state index in [9.17, 15) is 9.59 Å². The summed E-state index contributed by atoms with van der Waals surface area (Å²) in [5.41, 5.74) is 0.462. The molecule has 1 atom stereocenters. The molecule has 0 saturated heterocycles. The number of amides is 2. The minimum Gasteiger partial charge on any atom is -0.495 e. The summed E-state index contributed by atoms with van der Waals surface area (Å²) in [6.45, 7) is 1.85. The number of hydrogen-bond donors (Lipinski definition) is 3. The highest BCUT2D eigenvalue weighted by molar-refractivity contribution is 6.32. The van der Waals surface area contributed by atoms with E-state index in [1.807, 2.05) is 6.92 Å². The SMILES string of the molecule is CCC[C@@H](NC(=O)Nc1ccc(Cl)c(OC)c1)C(=O)O. The number of ether oxygens (including phenoxy) is 1. The Kier molecular flexibility index (Phi) is 6.11. The Balaban J connectivity index is 2.68.